The molecule has 0 heterocycles. The van der Waals surface area contributed by atoms with Crippen LogP contribution in [0.5, 0.6) is 5.75 Å². The summed E-state index contributed by atoms with van der Waals surface area (Å²) in [5.41, 5.74) is 1.17. The van der Waals surface area contributed by atoms with Crippen molar-refractivity contribution in [1.29, 1.82) is 0 Å². The fourth-order valence-corrected chi connectivity index (χ4v) is 2.99. The van der Waals surface area contributed by atoms with Crippen molar-refractivity contribution < 1.29 is 9.84 Å². The number of hydrogen-bond acceptors (Lipinski definition) is 3. The molecular formula is C18H29NO2. The number of nitrogens with one attached hydrogen (secondary N) is 1. The average Bonchev–Trinajstić information content (AvgIpc) is 2.46. The molecule has 1 aromatic rings. The third kappa shape index (κ3) is 5.33. The van der Waals surface area contributed by atoms with Gasteiger partial charge in [0.2, 0.25) is 0 Å². The fourth-order valence-electron chi connectivity index (χ4n) is 2.99. The molecule has 0 spiro atoms. The van der Waals surface area contributed by atoms with Gasteiger partial charge in [-0.2, -0.15) is 0 Å². The highest BCUT2D eigenvalue weighted by molar-refractivity contribution is 5.27. The summed E-state index contributed by atoms with van der Waals surface area (Å²) in [5.74, 6) is 2.43. The molecule has 1 aromatic carbocycles. The lowest BCUT2D eigenvalue weighted by Crippen LogP contribution is -2.41. The highest BCUT2D eigenvalue weighted by Gasteiger charge is 2.24. The molecule has 2 N–H and O–H groups in total. The van der Waals surface area contributed by atoms with E-state index in [2.05, 4.69) is 19.2 Å². The van der Waals surface area contributed by atoms with E-state index in [1.165, 1.54) is 24.8 Å². The van der Waals surface area contributed by atoms with Gasteiger partial charge in [-0.05, 0) is 55.7 Å². The zero-order valence-corrected chi connectivity index (χ0v) is 13.5. The Bertz CT molecular complexity index is 435. The molecule has 118 valence electrons. The van der Waals surface area contributed by atoms with Crippen LogP contribution in [-0.2, 0) is 0 Å². The molecule has 3 nitrogen and oxygen atoms in total. The molecule has 4 atom stereocenters. The third-order valence-corrected chi connectivity index (χ3v) is 4.67. The molecule has 0 bridgehead atoms. The average molecular weight is 291 g/mol. The van der Waals surface area contributed by atoms with Crippen LogP contribution in [-0.4, -0.2) is 30.4 Å². The summed E-state index contributed by atoms with van der Waals surface area (Å²) in [7, 11) is 0. The number of aryl methyl sites for hydroxylation is 1. The minimum atomic E-state index is -0.458. The van der Waals surface area contributed by atoms with E-state index < -0.39 is 6.10 Å². The van der Waals surface area contributed by atoms with Gasteiger partial charge in [0.25, 0.3) is 0 Å². The number of rotatable bonds is 6. The topological polar surface area (TPSA) is 41.5 Å². The Morgan fingerprint density at radius 1 is 1.29 bits per heavy atom. The van der Waals surface area contributed by atoms with E-state index in [9.17, 15) is 5.11 Å². The van der Waals surface area contributed by atoms with Crippen molar-refractivity contribution in [3.63, 3.8) is 0 Å². The van der Waals surface area contributed by atoms with E-state index in [0.29, 0.717) is 19.2 Å². The summed E-state index contributed by atoms with van der Waals surface area (Å²) in [6.45, 7) is 7.66. The number of aliphatic hydroxyl groups excluding tert-OH is 1. The van der Waals surface area contributed by atoms with Crippen LogP contribution in [0.3, 0.4) is 0 Å². The van der Waals surface area contributed by atoms with Gasteiger partial charge < -0.3 is 15.2 Å². The minimum absolute atomic E-state index is 0.342. The van der Waals surface area contributed by atoms with Crippen molar-refractivity contribution >= 4 is 0 Å². The highest BCUT2D eigenvalue weighted by Crippen LogP contribution is 2.29. The molecule has 0 radical (unpaired) electrons. The normalized spacial score (nSPS) is 27.3. The van der Waals surface area contributed by atoms with E-state index in [4.69, 9.17) is 4.74 Å². The molecule has 1 aliphatic carbocycles. The molecule has 0 amide bonds. The Labute approximate surface area is 128 Å². The van der Waals surface area contributed by atoms with Gasteiger partial charge in [-0.25, -0.2) is 0 Å². The second kappa shape index (κ2) is 7.81. The van der Waals surface area contributed by atoms with Crippen molar-refractivity contribution in [2.45, 2.75) is 52.2 Å². The van der Waals surface area contributed by atoms with E-state index in [1.54, 1.807) is 0 Å². The van der Waals surface area contributed by atoms with Gasteiger partial charge in [0.1, 0.15) is 18.5 Å². The Kier molecular flexibility index (Phi) is 6.07. The summed E-state index contributed by atoms with van der Waals surface area (Å²) >= 11 is 0. The van der Waals surface area contributed by atoms with Gasteiger partial charge in [0.05, 0.1) is 0 Å². The van der Waals surface area contributed by atoms with Crippen LogP contribution in [0, 0.1) is 18.8 Å². The van der Waals surface area contributed by atoms with Gasteiger partial charge in [0, 0.05) is 12.6 Å². The SMILES string of the molecule is Cc1cccc(OCC(O)CNC2CCC(C)C(C)C2)c1. The van der Waals surface area contributed by atoms with Crippen molar-refractivity contribution in [2.24, 2.45) is 11.8 Å². The first kappa shape index (κ1) is 16.3. The van der Waals surface area contributed by atoms with Crippen molar-refractivity contribution in [3.05, 3.63) is 29.8 Å². The molecule has 21 heavy (non-hydrogen) atoms. The Morgan fingerprint density at radius 3 is 2.81 bits per heavy atom. The standard InChI is InChI=1S/C18H29NO2/c1-13-5-4-6-18(9-13)21-12-17(20)11-19-16-8-7-14(2)15(3)10-16/h4-6,9,14-17,19-20H,7-8,10-12H2,1-3H3. The quantitative estimate of drug-likeness (QED) is 0.846. The number of hydrogen-bond donors (Lipinski definition) is 2. The lowest BCUT2D eigenvalue weighted by Gasteiger charge is -2.33. The van der Waals surface area contributed by atoms with Crippen LogP contribution >= 0.6 is 0 Å². The van der Waals surface area contributed by atoms with E-state index in [1.807, 2.05) is 31.2 Å². The van der Waals surface area contributed by atoms with Gasteiger partial charge in [0.15, 0.2) is 0 Å². The Hall–Kier alpha value is -1.06. The van der Waals surface area contributed by atoms with Crippen LogP contribution < -0.4 is 10.1 Å². The summed E-state index contributed by atoms with van der Waals surface area (Å²) in [6.07, 6.45) is 3.26. The first-order valence-electron chi connectivity index (χ1n) is 8.15. The maximum absolute atomic E-state index is 10.0. The van der Waals surface area contributed by atoms with Crippen LogP contribution in [0.2, 0.25) is 0 Å². The fraction of sp³-hybridized carbons (Fsp3) is 0.667. The summed E-state index contributed by atoms with van der Waals surface area (Å²) in [4.78, 5) is 0. The molecule has 0 aromatic heterocycles. The largest absolute Gasteiger partial charge is 0.491 e. The summed E-state index contributed by atoms with van der Waals surface area (Å²) in [5, 5.41) is 13.5. The van der Waals surface area contributed by atoms with Gasteiger partial charge >= 0.3 is 0 Å². The molecule has 1 fully saturated rings. The van der Waals surface area contributed by atoms with Gasteiger partial charge in [-0.3, -0.25) is 0 Å². The molecule has 0 aliphatic heterocycles. The highest BCUT2D eigenvalue weighted by atomic mass is 16.5. The molecule has 1 saturated carbocycles. The third-order valence-electron chi connectivity index (χ3n) is 4.67. The minimum Gasteiger partial charge on any atom is -0.491 e. The molecule has 1 aliphatic rings. The van der Waals surface area contributed by atoms with Crippen molar-refractivity contribution in [1.82, 2.24) is 5.32 Å². The first-order valence-corrected chi connectivity index (χ1v) is 8.15. The number of ether oxygens (including phenoxy) is 1. The maximum atomic E-state index is 10.0. The number of benzene rings is 1. The van der Waals surface area contributed by atoms with Gasteiger partial charge in [-0.1, -0.05) is 26.0 Å². The lowest BCUT2D eigenvalue weighted by molar-refractivity contribution is 0.0983. The van der Waals surface area contributed by atoms with E-state index in [0.717, 1.165) is 17.6 Å². The van der Waals surface area contributed by atoms with E-state index >= 15 is 0 Å². The van der Waals surface area contributed by atoms with Gasteiger partial charge in [-0.15, -0.1) is 0 Å². The Balaban J connectivity index is 1.67. The second-order valence-electron chi connectivity index (χ2n) is 6.65. The van der Waals surface area contributed by atoms with Crippen LogP contribution in [0.15, 0.2) is 24.3 Å². The second-order valence-corrected chi connectivity index (χ2v) is 6.65. The zero-order valence-electron chi connectivity index (χ0n) is 13.5. The van der Waals surface area contributed by atoms with Crippen molar-refractivity contribution in [2.75, 3.05) is 13.2 Å². The smallest absolute Gasteiger partial charge is 0.119 e. The van der Waals surface area contributed by atoms with Crippen LogP contribution in [0.25, 0.3) is 0 Å². The molecule has 3 heteroatoms. The molecule has 2 rings (SSSR count). The van der Waals surface area contributed by atoms with Crippen LogP contribution in [0.1, 0.15) is 38.7 Å². The Morgan fingerprint density at radius 2 is 2.10 bits per heavy atom. The number of aliphatic hydroxyl groups is 1. The maximum Gasteiger partial charge on any atom is 0.119 e. The van der Waals surface area contributed by atoms with Crippen molar-refractivity contribution in [3.8, 4) is 5.75 Å². The predicted molar refractivity (Wildman–Crippen MR) is 86.7 cm³/mol. The summed E-state index contributed by atoms with van der Waals surface area (Å²) < 4.78 is 5.64. The monoisotopic (exact) mass is 291 g/mol. The van der Waals surface area contributed by atoms with Crippen LogP contribution in [0.4, 0.5) is 0 Å². The first-order chi connectivity index (χ1) is 10.0. The molecule has 4 unspecified atom stereocenters. The molecular weight excluding hydrogens is 262 g/mol. The predicted octanol–water partition coefficient (Wildman–Crippen LogP) is 3.15. The summed E-state index contributed by atoms with van der Waals surface area (Å²) in [6, 6.07) is 8.47. The zero-order chi connectivity index (χ0) is 15.2. The van der Waals surface area contributed by atoms with E-state index in [-0.39, 0.29) is 0 Å². The molecule has 0 saturated heterocycles. The lowest BCUT2D eigenvalue weighted by atomic mass is 9.79.